The van der Waals surface area contributed by atoms with Crippen LogP contribution in [0.3, 0.4) is 0 Å². The Kier molecular flexibility index (Phi) is 2.87. The molecule has 0 atom stereocenters. The number of hydrogen-bond donors (Lipinski definition) is 3. The molecule has 0 fully saturated rings. The number of rotatable bonds is 2. The minimum absolute atomic E-state index is 0.212. The van der Waals surface area contributed by atoms with E-state index in [-0.39, 0.29) is 11.3 Å². The molecule has 0 bridgehead atoms. The summed E-state index contributed by atoms with van der Waals surface area (Å²) < 4.78 is 0. The van der Waals surface area contributed by atoms with Crippen LogP contribution in [-0.4, -0.2) is 10.9 Å². The van der Waals surface area contributed by atoms with E-state index in [1.165, 1.54) is 0 Å². The Balaban J connectivity index is 3.23. The van der Waals surface area contributed by atoms with Crippen molar-refractivity contribution in [1.82, 2.24) is 0 Å². The maximum absolute atomic E-state index is 9.59. The molecule has 70 valence electrons. The molecule has 0 unspecified atom stereocenters. The van der Waals surface area contributed by atoms with E-state index < -0.39 is 5.84 Å². The number of benzene rings is 1. The Labute approximate surface area is 81.4 Å². The van der Waals surface area contributed by atoms with E-state index in [9.17, 15) is 5.11 Å². The summed E-state index contributed by atoms with van der Waals surface area (Å²) in [7, 11) is 0. The molecule has 0 aromatic heterocycles. The smallest absolute Gasteiger partial charge is 0.144 e. The van der Waals surface area contributed by atoms with E-state index >= 15 is 0 Å². The summed E-state index contributed by atoms with van der Waals surface area (Å²) in [6.45, 7) is 0. The van der Waals surface area contributed by atoms with Crippen LogP contribution in [0.15, 0.2) is 35.9 Å². The van der Waals surface area contributed by atoms with Crippen LogP contribution in [0.1, 0.15) is 5.56 Å². The zero-order valence-electron chi connectivity index (χ0n) is 7.36. The van der Waals surface area contributed by atoms with E-state index in [0.29, 0.717) is 5.56 Å². The molecule has 1 aromatic carbocycles. The van der Waals surface area contributed by atoms with Gasteiger partial charge < -0.3 is 10.8 Å². The highest BCUT2D eigenvalue weighted by atomic mass is 16.3. The van der Waals surface area contributed by atoms with Gasteiger partial charge in [-0.05, 0) is 0 Å². The molecule has 1 rings (SSSR count). The summed E-state index contributed by atoms with van der Waals surface area (Å²) in [6.07, 6.45) is 0. The lowest BCUT2D eigenvalue weighted by Crippen LogP contribution is -2.13. The maximum atomic E-state index is 9.59. The zero-order chi connectivity index (χ0) is 10.6. The number of nitrogens with two attached hydrogens (primary N) is 1. The number of nitriles is 1. The van der Waals surface area contributed by atoms with E-state index in [0.717, 1.165) is 0 Å². The summed E-state index contributed by atoms with van der Waals surface area (Å²) in [6, 6.07) is 10.2. The third-order valence-corrected chi connectivity index (χ3v) is 1.67. The van der Waals surface area contributed by atoms with Crippen molar-refractivity contribution in [3.8, 4) is 6.07 Å². The highest BCUT2D eigenvalue weighted by Crippen LogP contribution is 2.14. The first kappa shape index (κ1) is 9.81. The topological polar surface area (TPSA) is 93.9 Å². The largest absolute Gasteiger partial charge is 0.506 e. The molecular formula is C10H9N3O. The molecule has 0 aliphatic rings. The predicted octanol–water partition coefficient (Wildman–Crippen LogP) is 1.42. The van der Waals surface area contributed by atoms with Crippen LogP contribution >= 0.6 is 0 Å². The predicted molar refractivity (Wildman–Crippen MR) is 53.5 cm³/mol. The van der Waals surface area contributed by atoms with Gasteiger partial charge >= 0.3 is 0 Å². The van der Waals surface area contributed by atoms with Crippen molar-refractivity contribution in [3.63, 3.8) is 0 Å². The first-order chi connectivity index (χ1) is 6.66. The SMILES string of the molecule is N#C/C(C(=N)N)=C(/O)c1ccccc1. The molecule has 0 saturated carbocycles. The summed E-state index contributed by atoms with van der Waals surface area (Å²) in [5.41, 5.74) is 5.39. The summed E-state index contributed by atoms with van der Waals surface area (Å²) in [5, 5.41) is 25.3. The van der Waals surface area contributed by atoms with E-state index in [1.54, 1.807) is 36.4 Å². The third kappa shape index (κ3) is 1.90. The lowest BCUT2D eigenvalue weighted by molar-refractivity contribution is 0.510. The molecule has 4 N–H and O–H groups in total. The molecule has 0 aliphatic heterocycles. The number of aliphatic hydroxyl groups is 1. The molecular weight excluding hydrogens is 178 g/mol. The van der Waals surface area contributed by atoms with Gasteiger partial charge in [0.1, 0.15) is 23.2 Å². The van der Waals surface area contributed by atoms with Crippen molar-refractivity contribution in [2.75, 3.05) is 0 Å². The Morgan fingerprint density at radius 1 is 1.36 bits per heavy atom. The highest BCUT2D eigenvalue weighted by molar-refractivity contribution is 6.04. The van der Waals surface area contributed by atoms with Crippen LogP contribution in [-0.2, 0) is 0 Å². The normalized spacial score (nSPS) is 11.4. The van der Waals surface area contributed by atoms with Crippen LogP contribution in [0.4, 0.5) is 0 Å². The minimum atomic E-state index is -0.436. The molecule has 0 heterocycles. The Morgan fingerprint density at radius 2 is 1.93 bits per heavy atom. The third-order valence-electron chi connectivity index (χ3n) is 1.67. The number of nitrogens with zero attached hydrogens (tertiary/aromatic N) is 1. The van der Waals surface area contributed by atoms with E-state index in [2.05, 4.69) is 0 Å². The Morgan fingerprint density at radius 3 is 2.36 bits per heavy atom. The molecule has 0 amide bonds. The van der Waals surface area contributed by atoms with E-state index in [4.69, 9.17) is 16.4 Å². The van der Waals surface area contributed by atoms with Gasteiger partial charge in [-0.3, -0.25) is 5.41 Å². The average Bonchev–Trinajstić information content (AvgIpc) is 2.19. The van der Waals surface area contributed by atoms with Gasteiger partial charge in [0.15, 0.2) is 0 Å². The van der Waals surface area contributed by atoms with Gasteiger partial charge in [-0.15, -0.1) is 0 Å². The molecule has 0 aliphatic carbocycles. The Hall–Kier alpha value is -2.28. The zero-order valence-corrected chi connectivity index (χ0v) is 7.36. The lowest BCUT2D eigenvalue weighted by atomic mass is 10.1. The number of aliphatic hydroxyl groups excluding tert-OH is 1. The van der Waals surface area contributed by atoms with Gasteiger partial charge in [0.2, 0.25) is 0 Å². The fourth-order valence-electron chi connectivity index (χ4n) is 0.981. The molecule has 4 nitrogen and oxygen atoms in total. The van der Waals surface area contributed by atoms with Gasteiger partial charge in [0, 0.05) is 5.56 Å². The first-order valence-electron chi connectivity index (χ1n) is 3.90. The van der Waals surface area contributed by atoms with Crippen LogP contribution in [0.2, 0.25) is 0 Å². The van der Waals surface area contributed by atoms with Gasteiger partial charge in [-0.2, -0.15) is 5.26 Å². The molecule has 14 heavy (non-hydrogen) atoms. The number of hydrogen-bond acceptors (Lipinski definition) is 3. The molecule has 0 spiro atoms. The highest BCUT2D eigenvalue weighted by Gasteiger charge is 2.09. The molecule has 4 heteroatoms. The summed E-state index contributed by atoms with van der Waals surface area (Å²) in [4.78, 5) is 0. The van der Waals surface area contributed by atoms with Gasteiger partial charge in [-0.25, -0.2) is 0 Å². The second-order valence-corrected chi connectivity index (χ2v) is 2.62. The second kappa shape index (κ2) is 4.10. The van der Waals surface area contributed by atoms with Crippen molar-refractivity contribution in [2.45, 2.75) is 0 Å². The van der Waals surface area contributed by atoms with Crippen molar-refractivity contribution in [3.05, 3.63) is 41.5 Å². The first-order valence-corrected chi connectivity index (χ1v) is 3.90. The minimum Gasteiger partial charge on any atom is -0.506 e. The fraction of sp³-hybridized carbons (Fsp3) is 0. The van der Waals surface area contributed by atoms with E-state index in [1.807, 2.05) is 0 Å². The average molecular weight is 187 g/mol. The fourth-order valence-corrected chi connectivity index (χ4v) is 0.981. The van der Waals surface area contributed by atoms with Crippen molar-refractivity contribution in [1.29, 1.82) is 10.7 Å². The molecule has 1 aromatic rings. The number of nitrogens with one attached hydrogen (secondary N) is 1. The summed E-state index contributed by atoms with van der Waals surface area (Å²) >= 11 is 0. The second-order valence-electron chi connectivity index (χ2n) is 2.62. The van der Waals surface area contributed by atoms with Crippen LogP contribution in [0.5, 0.6) is 0 Å². The van der Waals surface area contributed by atoms with Gasteiger partial charge in [-0.1, -0.05) is 30.3 Å². The van der Waals surface area contributed by atoms with Crippen LogP contribution in [0.25, 0.3) is 5.76 Å². The van der Waals surface area contributed by atoms with Gasteiger partial charge in [0.05, 0.1) is 0 Å². The summed E-state index contributed by atoms with van der Waals surface area (Å²) in [5.74, 6) is -0.700. The monoisotopic (exact) mass is 187 g/mol. The van der Waals surface area contributed by atoms with Crippen molar-refractivity contribution >= 4 is 11.6 Å². The molecule has 0 saturated heterocycles. The lowest BCUT2D eigenvalue weighted by Gasteiger charge is -2.02. The van der Waals surface area contributed by atoms with Crippen molar-refractivity contribution < 1.29 is 5.11 Å². The van der Waals surface area contributed by atoms with Crippen LogP contribution < -0.4 is 5.73 Å². The standard InChI is InChI=1S/C10H9N3O/c11-6-8(10(12)13)9(14)7-4-2-1-3-5-7/h1-5,14H,(H3,12,13)/b9-8-. The maximum Gasteiger partial charge on any atom is 0.144 e. The van der Waals surface area contributed by atoms with Gasteiger partial charge in [0.25, 0.3) is 0 Å². The quantitative estimate of drug-likeness (QED) is 0.283. The number of amidine groups is 1. The molecule has 0 radical (unpaired) electrons. The van der Waals surface area contributed by atoms with Crippen molar-refractivity contribution in [2.24, 2.45) is 5.73 Å². The Bertz CT molecular complexity index is 415. The van der Waals surface area contributed by atoms with Crippen LogP contribution in [0, 0.1) is 16.7 Å².